The van der Waals surface area contributed by atoms with E-state index in [1.807, 2.05) is 48.7 Å². The minimum absolute atomic E-state index is 0.392. The molecule has 0 atom stereocenters. The number of ether oxygens (including phenoxy) is 1. The Bertz CT molecular complexity index is 903. The SMILES string of the molecule is Cc1cc(C(=O)OCC(=O)NC2(C#N)CCCCC2)c(C)n1-c1ccccc1. The van der Waals surface area contributed by atoms with Crippen LogP contribution in [0.2, 0.25) is 0 Å². The monoisotopic (exact) mass is 379 g/mol. The Kier molecular flexibility index (Phi) is 5.84. The first-order valence-electron chi connectivity index (χ1n) is 9.59. The highest BCUT2D eigenvalue weighted by Crippen LogP contribution is 2.27. The molecule has 1 aliphatic rings. The summed E-state index contributed by atoms with van der Waals surface area (Å²) in [5.41, 5.74) is 2.23. The van der Waals surface area contributed by atoms with E-state index >= 15 is 0 Å². The summed E-state index contributed by atoms with van der Waals surface area (Å²) in [6, 6.07) is 13.7. The number of aromatic nitrogens is 1. The van der Waals surface area contributed by atoms with Gasteiger partial charge in [-0.3, -0.25) is 4.79 Å². The maximum absolute atomic E-state index is 12.5. The smallest absolute Gasteiger partial charge is 0.340 e. The predicted octanol–water partition coefficient (Wildman–Crippen LogP) is 3.59. The van der Waals surface area contributed by atoms with Crippen LogP contribution in [0.4, 0.5) is 0 Å². The van der Waals surface area contributed by atoms with Gasteiger partial charge in [0.15, 0.2) is 6.61 Å². The first-order valence-corrected chi connectivity index (χ1v) is 9.59. The fraction of sp³-hybridized carbons (Fsp3) is 0.409. The van der Waals surface area contributed by atoms with Crippen LogP contribution in [0.5, 0.6) is 0 Å². The number of carbonyl (C=O) groups excluding carboxylic acids is 2. The molecule has 0 bridgehead atoms. The second-order valence-corrected chi connectivity index (χ2v) is 7.33. The van der Waals surface area contributed by atoms with Crippen molar-refractivity contribution in [3.63, 3.8) is 0 Å². The molecule has 0 spiro atoms. The van der Waals surface area contributed by atoms with Crippen molar-refractivity contribution < 1.29 is 14.3 Å². The first-order chi connectivity index (χ1) is 13.5. The highest BCUT2D eigenvalue weighted by atomic mass is 16.5. The van der Waals surface area contributed by atoms with Gasteiger partial charge in [0.1, 0.15) is 5.54 Å². The van der Waals surface area contributed by atoms with Crippen molar-refractivity contribution in [1.82, 2.24) is 9.88 Å². The molecule has 1 saturated carbocycles. The molecule has 0 unspecified atom stereocenters. The lowest BCUT2D eigenvalue weighted by atomic mass is 9.83. The molecular formula is C22H25N3O3. The molecule has 1 fully saturated rings. The van der Waals surface area contributed by atoms with Crippen molar-refractivity contribution in [2.45, 2.75) is 51.5 Å². The number of aryl methyl sites for hydroxylation is 1. The molecule has 3 rings (SSSR count). The summed E-state index contributed by atoms with van der Waals surface area (Å²) in [4.78, 5) is 24.8. The minimum atomic E-state index is -0.828. The van der Waals surface area contributed by atoms with Gasteiger partial charge < -0.3 is 14.6 Å². The molecule has 2 aromatic rings. The van der Waals surface area contributed by atoms with Gasteiger partial charge in [0.2, 0.25) is 0 Å². The van der Waals surface area contributed by atoms with E-state index < -0.39 is 24.0 Å². The normalized spacial score (nSPS) is 15.5. The summed E-state index contributed by atoms with van der Waals surface area (Å²) in [7, 11) is 0. The lowest BCUT2D eigenvalue weighted by Crippen LogP contribution is -2.50. The zero-order valence-corrected chi connectivity index (χ0v) is 16.3. The van der Waals surface area contributed by atoms with Crippen molar-refractivity contribution in [1.29, 1.82) is 5.26 Å². The summed E-state index contributed by atoms with van der Waals surface area (Å²) in [6.45, 7) is 3.38. The quantitative estimate of drug-likeness (QED) is 0.805. The van der Waals surface area contributed by atoms with E-state index in [4.69, 9.17) is 4.74 Å². The number of benzene rings is 1. The molecule has 0 aliphatic heterocycles. The molecule has 146 valence electrons. The van der Waals surface area contributed by atoms with Gasteiger partial charge in [-0.25, -0.2) is 4.79 Å². The Balaban J connectivity index is 1.66. The Labute approximate surface area is 165 Å². The number of carbonyl (C=O) groups is 2. The third kappa shape index (κ3) is 4.09. The van der Waals surface area contributed by atoms with Crippen LogP contribution in [0.3, 0.4) is 0 Å². The first kappa shape index (κ1) is 19.7. The van der Waals surface area contributed by atoms with E-state index in [0.29, 0.717) is 18.4 Å². The molecule has 1 N–H and O–H groups in total. The molecule has 1 aromatic carbocycles. The van der Waals surface area contributed by atoms with Gasteiger partial charge in [-0.2, -0.15) is 5.26 Å². The zero-order chi connectivity index (χ0) is 20.1. The lowest BCUT2D eigenvalue weighted by molar-refractivity contribution is -0.125. The van der Waals surface area contributed by atoms with Crippen LogP contribution in [0.15, 0.2) is 36.4 Å². The van der Waals surface area contributed by atoms with Crippen molar-refractivity contribution >= 4 is 11.9 Å². The maximum Gasteiger partial charge on any atom is 0.340 e. The fourth-order valence-electron chi connectivity index (χ4n) is 3.88. The Morgan fingerprint density at radius 3 is 2.50 bits per heavy atom. The maximum atomic E-state index is 12.5. The second kappa shape index (κ2) is 8.30. The molecule has 6 nitrogen and oxygen atoms in total. The van der Waals surface area contributed by atoms with Gasteiger partial charge in [-0.05, 0) is 44.9 Å². The van der Waals surface area contributed by atoms with Crippen LogP contribution in [0.1, 0.15) is 53.8 Å². The fourth-order valence-corrected chi connectivity index (χ4v) is 3.88. The third-order valence-corrected chi connectivity index (χ3v) is 5.30. The van der Waals surface area contributed by atoms with Gasteiger partial charge in [-0.15, -0.1) is 0 Å². The van der Waals surface area contributed by atoms with E-state index in [9.17, 15) is 14.9 Å². The highest BCUT2D eigenvalue weighted by molar-refractivity contribution is 5.93. The summed E-state index contributed by atoms with van der Waals surface area (Å²) in [6.07, 6.45) is 4.19. The number of esters is 1. The van der Waals surface area contributed by atoms with Gasteiger partial charge in [0.05, 0.1) is 11.6 Å². The van der Waals surface area contributed by atoms with Crippen LogP contribution in [-0.4, -0.2) is 28.6 Å². The number of hydrogen-bond donors (Lipinski definition) is 1. The number of nitrogens with one attached hydrogen (secondary N) is 1. The van der Waals surface area contributed by atoms with Gasteiger partial charge in [-0.1, -0.05) is 37.5 Å². The second-order valence-electron chi connectivity index (χ2n) is 7.33. The summed E-state index contributed by atoms with van der Waals surface area (Å²) in [5, 5.41) is 12.2. The molecule has 0 saturated heterocycles. The van der Waals surface area contributed by atoms with Crippen molar-refractivity contribution in [2.24, 2.45) is 0 Å². The predicted molar refractivity (Wildman–Crippen MR) is 105 cm³/mol. The number of hydrogen-bond acceptors (Lipinski definition) is 4. The average molecular weight is 379 g/mol. The summed E-state index contributed by atoms with van der Waals surface area (Å²) < 4.78 is 7.21. The van der Waals surface area contributed by atoms with E-state index in [-0.39, 0.29) is 0 Å². The summed E-state index contributed by atoms with van der Waals surface area (Å²) in [5.74, 6) is -0.978. The molecule has 0 radical (unpaired) electrons. The van der Waals surface area contributed by atoms with E-state index in [0.717, 1.165) is 36.3 Å². The molecule has 6 heteroatoms. The highest BCUT2D eigenvalue weighted by Gasteiger charge is 2.33. The van der Waals surface area contributed by atoms with Crippen molar-refractivity contribution in [2.75, 3.05) is 6.61 Å². The number of nitriles is 1. The minimum Gasteiger partial charge on any atom is -0.452 e. The standard InChI is InChI=1S/C22H25N3O3/c1-16-13-19(17(2)25(16)18-9-5-3-6-10-18)21(27)28-14-20(26)24-22(15-23)11-7-4-8-12-22/h3,5-6,9-10,13H,4,7-8,11-12,14H2,1-2H3,(H,24,26). The number of para-hydroxylation sites is 1. The van der Waals surface area contributed by atoms with Crippen molar-refractivity contribution in [3.05, 3.63) is 53.3 Å². The molecule has 1 amide bonds. The van der Waals surface area contributed by atoms with Crippen molar-refractivity contribution in [3.8, 4) is 11.8 Å². The number of amides is 1. The van der Waals surface area contributed by atoms with Crippen LogP contribution < -0.4 is 5.32 Å². The Morgan fingerprint density at radius 2 is 1.86 bits per heavy atom. The van der Waals surface area contributed by atoms with Crippen LogP contribution in [-0.2, 0) is 9.53 Å². The molecule has 28 heavy (non-hydrogen) atoms. The molecule has 1 aromatic heterocycles. The topological polar surface area (TPSA) is 84.1 Å². The summed E-state index contributed by atoms with van der Waals surface area (Å²) >= 11 is 0. The average Bonchev–Trinajstić information content (AvgIpc) is 3.01. The third-order valence-electron chi connectivity index (χ3n) is 5.30. The largest absolute Gasteiger partial charge is 0.452 e. The van der Waals surface area contributed by atoms with Crippen LogP contribution >= 0.6 is 0 Å². The number of nitrogens with zero attached hydrogens (tertiary/aromatic N) is 2. The molecule has 1 aliphatic carbocycles. The van der Waals surface area contributed by atoms with E-state index in [1.54, 1.807) is 6.07 Å². The van der Waals surface area contributed by atoms with E-state index in [2.05, 4.69) is 11.4 Å². The number of rotatable bonds is 5. The zero-order valence-electron chi connectivity index (χ0n) is 16.3. The lowest BCUT2D eigenvalue weighted by Gasteiger charge is -2.31. The van der Waals surface area contributed by atoms with Crippen LogP contribution in [0, 0.1) is 25.2 Å². The molecule has 1 heterocycles. The van der Waals surface area contributed by atoms with Gasteiger partial charge >= 0.3 is 5.97 Å². The van der Waals surface area contributed by atoms with Gasteiger partial charge in [0, 0.05) is 17.1 Å². The Morgan fingerprint density at radius 1 is 1.18 bits per heavy atom. The Hall–Kier alpha value is -3.07. The van der Waals surface area contributed by atoms with E-state index in [1.165, 1.54) is 0 Å². The van der Waals surface area contributed by atoms with Crippen LogP contribution in [0.25, 0.3) is 5.69 Å². The van der Waals surface area contributed by atoms with Gasteiger partial charge in [0.25, 0.3) is 5.91 Å². The molecular weight excluding hydrogens is 354 g/mol.